The maximum atomic E-state index is 11.3. The molecule has 2 aromatic heterocycles. The fraction of sp³-hybridized carbons (Fsp3) is 0.808. The Kier molecular flexibility index (Phi) is 12.1. The van der Waals surface area contributed by atoms with Gasteiger partial charge in [-0.25, -0.2) is 15.0 Å². The number of phosphoric acid groups is 1. The summed E-state index contributed by atoms with van der Waals surface area (Å²) in [5, 5.41) is 10.3. The van der Waals surface area contributed by atoms with Gasteiger partial charge in [-0.05, 0) is 25.7 Å². The molecule has 2 aliphatic rings. The molecule has 5 atom stereocenters. The number of nitrogens with zero attached hydrogens (tertiary/aromatic N) is 5. The molecule has 0 radical (unpaired) electrons. The standard InChI is InChI=1S/C16H36N.C10H12N5O6P/c1-5-9-13-17(14-10-6-2,15-11-7-3)16-12-8-4;11-8-5-9(13-2-12-8)15(3-14-5)10-6(16)7-4(20-10)1-19-22(17,18)21-7/h5-16H2,1-4H3;2-4,6-7,10,16H,1H2,(H,17,18)(H2,11,12,13)/q+1;/p-1/t;4-,6-,7-,10-/m.1/s1. The van der Waals surface area contributed by atoms with E-state index in [4.69, 9.17) is 15.0 Å². The molecule has 2 aliphatic heterocycles. The van der Waals surface area contributed by atoms with E-state index < -0.39 is 32.4 Å². The van der Waals surface area contributed by atoms with Crippen LogP contribution in [-0.2, 0) is 18.3 Å². The Balaban J connectivity index is 0.000000225. The van der Waals surface area contributed by atoms with Gasteiger partial charge in [-0.2, -0.15) is 0 Å². The Hall–Kier alpha value is -1.66. The average Bonchev–Trinajstić information content (AvgIpc) is 3.49. The number of hydrogen-bond donors (Lipinski definition) is 2. The number of ether oxygens (including phenoxy) is 1. The van der Waals surface area contributed by atoms with Crippen molar-refractivity contribution in [2.75, 3.05) is 38.5 Å². The maximum Gasteiger partial charge on any atom is 0.268 e. The predicted molar refractivity (Wildman–Crippen MR) is 147 cm³/mol. The molecule has 222 valence electrons. The first-order chi connectivity index (χ1) is 18.7. The van der Waals surface area contributed by atoms with Crippen LogP contribution in [0.4, 0.5) is 5.82 Å². The summed E-state index contributed by atoms with van der Waals surface area (Å²) in [5.74, 6) is 0.192. The number of aliphatic hydroxyl groups is 1. The quantitative estimate of drug-likeness (QED) is 0.269. The SMILES string of the molecule is CCCC[N+](CCCC)(CCCC)CCCC.Nc1ncnc2c1ncn2[C@@H]1O[C@@H]2COP(=O)([O-])O[C@H]2[C@H]1O. The number of nitrogens with two attached hydrogens (primary N) is 1. The number of aliphatic hydroxyl groups excluding tert-OH is 1. The number of fused-ring (bicyclic) bond motifs is 2. The molecule has 12 nitrogen and oxygen atoms in total. The van der Waals surface area contributed by atoms with Gasteiger partial charge in [0, 0.05) is 0 Å². The van der Waals surface area contributed by atoms with Crippen molar-refractivity contribution in [3.63, 3.8) is 0 Å². The zero-order valence-corrected chi connectivity index (χ0v) is 24.8. The summed E-state index contributed by atoms with van der Waals surface area (Å²) in [6.45, 7) is 14.8. The van der Waals surface area contributed by atoms with E-state index in [-0.39, 0.29) is 12.4 Å². The Morgan fingerprint density at radius 2 is 1.59 bits per heavy atom. The summed E-state index contributed by atoms with van der Waals surface area (Å²) in [6.07, 6.45) is 9.80. The highest BCUT2D eigenvalue weighted by molar-refractivity contribution is 7.45. The second-order valence-electron chi connectivity index (χ2n) is 10.6. The van der Waals surface area contributed by atoms with Gasteiger partial charge in [0.25, 0.3) is 7.82 Å². The lowest BCUT2D eigenvalue weighted by Gasteiger charge is -2.39. The first kappa shape index (κ1) is 31.9. The van der Waals surface area contributed by atoms with Gasteiger partial charge in [0.05, 0.1) is 39.1 Å². The molecule has 0 aliphatic carbocycles. The number of phosphoric ester groups is 1. The van der Waals surface area contributed by atoms with E-state index in [2.05, 4.69) is 47.2 Å². The van der Waals surface area contributed by atoms with Crippen LogP contribution >= 0.6 is 7.82 Å². The Labute approximate surface area is 232 Å². The number of aromatic nitrogens is 4. The van der Waals surface area contributed by atoms with Crippen LogP contribution in [0.2, 0.25) is 0 Å². The van der Waals surface area contributed by atoms with E-state index in [1.807, 2.05) is 0 Å². The number of unbranched alkanes of at least 4 members (excludes halogenated alkanes) is 4. The highest BCUT2D eigenvalue weighted by atomic mass is 31.2. The second kappa shape index (κ2) is 14.8. The molecule has 4 rings (SSSR count). The summed E-state index contributed by atoms with van der Waals surface area (Å²) >= 11 is 0. The Bertz CT molecular complexity index is 1030. The van der Waals surface area contributed by atoms with Crippen LogP contribution in [0.1, 0.15) is 85.3 Å². The number of quaternary nitrogens is 1. The fourth-order valence-corrected chi connectivity index (χ4v) is 6.21. The van der Waals surface area contributed by atoms with Crippen molar-refractivity contribution in [3.8, 4) is 0 Å². The number of hydrogen-bond acceptors (Lipinski definition) is 10. The molecule has 0 spiro atoms. The third-order valence-electron chi connectivity index (χ3n) is 7.56. The van der Waals surface area contributed by atoms with Crippen molar-refractivity contribution >= 4 is 24.8 Å². The lowest BCUT2D eigenvalue weighted by molar-refractivity contribution is -0.929. The van der Waals surface area contributed by atoms with Crippen molar-refractivity contribution in [1.82, 2.24) is 19.5 Å². The Morgan fingerprint density at radius 1 is 1.03 bits per heavy atom. The summed E-state index contributed by atoms with van der Waals surface area (Å²) in [4.78, 5) is 23.3. The summed E-state index contributed by atoms with van der Waals surface area (Å²) < 4.78 is 29.2. The summed E-state index contributed by atoms with van der Waals surface area (Å²) in [6, 6.07) is 0. The molecule has 2 aromatic rings. The Morgan fingerprint density at radius 3 is 2.13 bits per heavy atom. The summed E-state index contributed by atoms with van der Waals surface area (Å²) in [7, 11) is -4.41. The molecule has 1 unspecified atom stereocenters. The molecule has 0 amide bonds. The molecule has 39 heavy (non-hydrogen) atoms. The third kappa shape index (κ3) is 8.19. The van der Waals surface area contributed by atoms with Crippen LogP contribution in [0, 0.1) is 0 Å². The van der Waals surface area contributed by atoms with Gasteiger partial charge in [-0.1, -0.05) is 53.4 Å². The molecule has 13 heteroatoms. The first-order valence-corrected chi connectivity index (χ1v) is 15.9. The highest BCUT2D eigenvalue weighted by Crippen LogP contribution is 2.49. The lowest BCUT2D eigenvalue weighted by atomic mass is 10.1. The van der Waals surface area contributed by atoms with Crippen LogP contribution in [0.15, 0.2) is 12.7 Å². The summed E-state index contributed by atoms with van der Waals surface area (Å²) in [5.41, 5.74) is 6.43. The maximum absolute atomic E-state index is 11.3. The van der Waals surface area contributed by atoms with Gasteiger partial charge < -0.3 is 34.0 Å². The monoisotopic (exact) mass is 570 g/mol. The van der Waals surface area contributed by atoms with Crippen LogP contribution in [0.5, 0.6) is 0 Å². The molecular formula is C26H47N6O6P. The van der Waals surface area contributed by atoms with Gasteiger partial charge in [0.15, 0.2) is 17.7 Å². The smallest absolute Gasteiger partial charge is 0.268 e. The number of anilines is 1. The van der Waals surface area contributed by atoms with Crippen LogP contribution in [-0.4, -0.2) is 80.2 Å². The molecule has 0 aromatic carbocycles. The number of nitrogen functional groups attached to an aromatic ring is 1. The minimum absolute atomic E-state index is 0.192. The molecule has 2 saturated heterocycles. The van der Waals surface area contributed by atoms with E-state index in [0.717, 1.165) is 0 Å². The minimum atomic E-state index is -4.41. The van der Waals surface area contributed by atoms with E-state index in [1.165, 1.54) is 99.3 Å². The van der Waals surface area contributed by atoms with Crippen LogP contribution < -0.4 is 10.6 Å². The average molecular weight is 571 g/mol. The number of imidazole rings is 1. The normalized spacial score (nSPS) is 26.8. The van der Waals surface area contributed by atoms with E-state index in [0.29, 0.717) is 11.2 Å². The van der Waals surface area contributed by atoms with Gasteiger partial charge >= 0.3 is 0 Å². The van der Waals surface area contributed by atoms with Crippen LogP contribution in [0.3, 0.4) is 0 Å². The fourth-order valence-electron chi connectivity index (χ4n) is 5.26. The third-order valence-corrected chi connectivity index (χ3v) is 8.53. The van der Waals surface area contributed by atoms with Gasteiger partial charge in [-0.3, -0.25) is 9.13 Å². The van der Waals surface area contributed by atoms with E-state index in [1.54, 1.807) is 0 Å². The van der Waals surface area contributed by atoms with E-state index >= 15 is 0 Å². The molecule has 3 N–H and O–H groups in total. The van der Waals surface area contributed by atoms with Crippen molar-refractivity contribution < 1.29 is 32.8 Å². The zero-order chi connectivity index (χ0) is 28.5. The highest BCUT2D eigenvalue weighted by Gasteiger charge is 2.50. The molecule has 0 bridgehead atoms. The molecule has 2 fully saturated rings. The van der Waals surface area contributed by atoms with E-state index in [9.17, 15) is 14.6 Å². The molecule has 0 saturated carbocycles. The molecule has 4 heterocycles. The topological polar surface area (TPSA) is 158 Å². The zero-order valence-electron chi connectivity index (χ0n) is 23.9. The predicted octanol–water partition coefficient (Wildman–Crippen LogP) is 3.55. The van der Waals surface area contributed by atoms with Crippen molar-refractivity contribution in [2.45, 2.75) is 104 Å². The van der Waals surface area contributed by atoms with Gasteiger partial charge in [0.1, 0.15) is 30.2 Å². The van der Waals surface area contributed by atoms with Crippen molar-refractivity contribution in [3.05, 3.63) is 12.7 Å². The second-order valence-corrected chi connectivity index (χ2v) is 12.0. The van der Waals surface area contributed by atoms with Crippen LogP contribution in [0.25, 0.3) is 11.2 Å². The molecular weight excluding hydrogens is 523 g/mol. The van der Waals surface area contributed by atoms with Crippen molar-refractivity contribution in [2.24, 2.45) is 0 Å². The lowest BCUT2D eigenvalue weighted by Crippen LogP contribution is -2.50. The van der Waals surface area contributed by atoms with Gasteiger partial charge in [0.2, 0.25) is 0 Å². The minimum Gasteiger partial charge on any atom is -0.756 e. The first-order valence-electron chi connectivity index (χ1n) is 14.5. The van der Waals surface area contributed by atoms with Gasteiger partial charge in [-0.15, -0.1) is 0 Å². The largest absolute Gasteiger partial charge is 0.756 e. The number of rotatable bonds is 13. The van der Waals surface area contributed by atoms with Crippen molar-refractivity contribution in [1.29, 1.82) is 0 Å².